The molecule has 2 saturated heterocycles. The van der Waals surface area contributed by atoms with Gasteiger partial charge in [0.15, 0.2) is 6.10 Å². The number of imide groups is 1. The number of fused-ring (bicyclic) bond motifs is 1. The van der Waals surface area contributed by atoms with Crippen LogP contribution in [-0.2, 0) is 86.5 Å². The molecule has 3 fully saturated rings. The van der Waals surface area contributed by atoms with Gasteiger partial charge in [0.05, 0.1) is 36.1 Å². The summed E-state index contributed by atoms with van der Waals surface area (Å²) in [7, 11) is -4.39. The number of amides is 4. The smallest absolute Gasteiger partial charge is 0.479 e. The van der Waals surface area contributed by atoms with Gasteiger partial charge in [-0.05, 0) is 106 Å². The molecular formula is C55H72N8O20S. The van der Waals surface area contributed by atoms with E-state index in [9.17, 15) is 62.4 Å². The number of nitrogens with one attached hydrogen (secondary N) is 3. The lowest BCUT2D eigenvalue weighted by molar-refractivity contribution is -0.271. The Hall–Kier alpha value is -7.38. The Kier molecular flexibility index (Phi) is 21.4. The number of nitrogens with two attached hydrogens (primary N) is 2. The maximum Gasteiger partial charge on any atom is 0.508 e. The Labute approximate surface area is 484 Å². The number of anilines is 2. The van der Waals surface area contributed by atoms with Crippen molar-refractivity contribution in [3.8, 4) is 5.75 Å². The molecule has 0 radical (unpaired) electrons. The van der Waals surface area contributed by atoms with E-state index in [1.54, 1.807) is 33.8 Å². The summed E-state index contributed by atoms with van der Waals surface area (Å²) in [6.07, 6.45) is -5.01. The maximum absolute atomic E-state index is 13.5. The summed E-state index contributed by atoms with van der Waals surface area (Å²) in [5, 5.41) is 55.6. The predicted octanol–water partition coefficient (Wildman–Crippen LogP) is 2.33. The van der Waals surface area contributed by atoms with Gasteiger partial charge in [-0.1, -0.05) is 44.2 Å². The van der Waals surface area contributed by atoms with Crippen LogP contribution in [0.25, 0.3) is 6.08 Å². The molecule has 3 aromatic rings. The molecule has 1 aromatic heterocycles. The standard InChI is InChI=1S/C55H72N8O20S/c1-54(2,19-22-78-55(3,4)18-15-44(67)83-63-42(65)13-14-43(63)66)52(73)58-21-17-41(64)61-38-24-30(9-12-39(38)80-51-47(70)45(68)46(69)48(82-51)50(71)72)27-77-53(74)81-40-26-31(23-33(40)28-79-84(57,75)76)25-37-35(16-20-56)49(60-29-59-37)62-36-11-10-32-7-5-6-8-34(32)36/h5-9,12,16,20,24,29,31,33,36,40,45-48,51,68-70H,10-11,13-15,17-19,21-23,25-28,56H2,1-4H3,(H,58,73)(H,61,64)(H,71,72)(H2,57,75,76)(H,59,60,62)/b20-16-/t31-,33-,36-,40+,45-,46-,47+,48-,51+/m0/s1. The van der Waals surface area contributed by atoms with Gasteiger partial charge in [0.25, 0.3) is 11.8 Å². The molecule has 0 unspecified atom stereocenters. The normalized spacial score (nSPS) is 23.5. The van der Waals surface area contributed by atoms with Crippen molar-refractivity contribution in [1.29, 1.82) is 0 Å². The SMILES string of the molecule is CC(C)(CCC(=O)ON1C(=O)CCC1=O)OCCC(C)(C)C(=O)NCCC(=O)Nc1cc(COC(=O)O[C@@H]2C[C@H](Cc3ncnc(N[C@H]4CCc5ccccc54)c3/C=C\N)C[C@H]2COS(N)(=O)=O)ccc1O[C@@H]1O[C@H](C(=O)O)[C@@H](O)[C@H](O)[C@H]1O. The Morgan fingerprint density at radius 2 is 1.67 bits per heavy atom. The van der Waals surface area contributed by atoms with Crippen LogP contribution in [0.4, 0.5) is 16.3 Å². The number of hydrogen-bond acceptors (Lipinski definition) is 23. The zero-order valence-electron chi connectivity index (χ0n) is 46.8. The molecule has 84 heavy (non-hydrogen) atoms. The van der Waals surface area contributed by atoms with Crippen LogP contribution in [0.5, 0.6) is 5.75 Å². The third kappa shape index (κ3) is 17.4. The Morgan fingerprint density at radius 3 is 2.38 bits per heavy atom. The van der Waals surface area contributed by atoms with Crippen molar-refractivity contribution >= 4 is 69.6 Å². The molecule has 2 aliphatic heterocycles. The number of aliphatic hydroxyl groups excluding tert-OH is 3. The molecule has 2 aromatic carbocycles. The van der Waals surface area contributed by atoms with E-state index in [0.717, 1.165) is 12.8 Å². The molecule has 28 nitrogen and oxygen atoms in total. The molecular weight excluding hydrogens is 1120 g/mol. The molecule has 2 aliphatic carbocycles. The van der Waals surface area contributed by atoms with Gasteiger partial charge >= 0.3 is 28.4 Å². The summed E-state index contributed by atoms with van der Waals surface area (Å²) in [5.41, 5.74) is 7.83. The van der Waals surface area contributed by atoms with Gasteiger partial charge in [0, 0.05) is 49.3 Å². The second-order valence-electron chi connectivity index (χ2n) is 22.2. The number of benzene rings is 2. The van der Waals surface area contributed by atoms with E-state index < -0.39 is 119 Å². The van der Waals surface area contributed by atoms with E-state index in [1.807, 2.05) is 12.1 Å². The van der Waals surface area contributed by atoms with Gasteiger partial charge in [-0.3, -0.25) is 23.4 Å². The van der Waals surface area contributed by atoms with Crippen molar-refractivity contribution in [2.75, 3.05) is 30.4 Å². The minimum Gasteiger partial charge on any atom is -0.479 e. The second kappa shape index (κ2) is 28.0. The molecule has 29 heteroatoms. The first-order valence-electron chi connectivity index (χ1n) is 27.3. The monoisotopic (exact) mass is 1200 g/mol. The highest BCUT2D eigenvalue weighted by Crippen LogP contribution is 2.39. The maximum atomic E-state index is 13.5. The first-order chi connectivity index (χ1) is 39.7. The summed E-state index contributed by atoms with van der Waals surface area (Å²) < 4.78 is 57.2. The molecule has 4 amide bonds. The van der Waals surface area contributed by atoms with Gasteiger partial charge in [-0.25, -0.2) is 29.5 Å². The van der Waals surface area contributed by atoms with E-state index in [4.69, 9.17) is 43.6 Å². The number of rotatable bonds is 27. The number of ether oxygens (including phenoxy) is 5. The molecule has 0 bridgehead atoms. The fourth-order valence-electron chi connectivity index (χ4n) is 10.2. The van der Waals surface area contributed by atoms with Crippen LogP contribution in [-0.4, -0.2) is 148 Å². The average molecular weight is 1200 g/mol. The predicted molar refractivity (Wildman–Crippen MR) is 293 cm³/mol. The Morgan fingerprint density at radius 1 is 0.929 bits per heavy atom. The fourth-order valence-corrected chi connectivity index (χ4v) is 10.5. The third-order valence-electron chi connectivity index (χ3n) is 14.9. The highest BCUT2D eigenvalue weighted by atomic mass is 32.2. The van der Waals surface area contributed by atoms with Crippen LogP contribution in [0.1, 0.15) is 119 Å². The molecule has 458 valence electrons. The number of carbonyl (C=O) groups is 7. The number of nitrogens with zero attached hydrogens (tertiary/aromatic N) is 3. The van der Waals surface area contributed by atoms with E-state index in [1.165, 1.54) is 41.9 Å². The number of aliphatic hydroxyl groups is 3. The van der Waals surface area contributed by atoms with Gasteiger partial charge < -0.3 is 70.6 Å². The van der Waals surface area contributed by atoms with Crippen LogP contribution in [0.15, 0.2) is 55.0 Å². The number of carboxylic acids is 1. The van der Waals surface area contributed by atoms with Gasteiger partial charge in [-0.2, -0.15) is 8.42 Å². The lowest BCUT2D eigenvalue weighted by Gasteiger charge is -2.38. The van der Waals surface area contributed by atoms with Gasteiger partial charge in [0.2, 0.25) is 18.1 Å². The zero-order chi connectivity index (χ0) is 61.1. The summed E-state index contributed by atoms with van der Waals surface area (Å²) in [5.74, 6) is -5.31. The topological polar surface area (TPSA) is 416 Å². The van der Waals surface area contributed by atoms with Crippen molar-refractivity contribution in [3.63, 3.8) is 0 Å². The second-order valence-corrected chi connectivity index (χ2v) is 23.4. The van der Waals surface area contributed by atoms with Crippen LogP contribution in [0.3, 0.4) is 0 Å². The lowest BCUT2D eigenvalue weighted by Crippen LogP contribution is -2.61. The highest BCUT2D eigenvalue weighted by molar-refractivity contribution is 7.84. The van der Waals surface area contributed by atoms with Crippen molar-refractivity contribution in [1.82, 2.24) is 20.3 Å². The lowest BCUT2D eigenvalue weighted by atomic mass is 9.88. The molecule has 0 spiro atoms. The third-order valence-corrected chi connectivity index (χ3v) is 15.4. The summed E-state index contributed by atoms with van der Waals surface area (Å²) >= 11 is 0. The van der Waals surface area contributed by atoms with Crippen molar-refractivity contribution in [3.05, 3.63) is 82.9 Å². The molecule has 11 N–H and O–H groups in total. The van der Waals surface area contributed by atoms with Gasteiger partial charge in [0.1, 0.15) is 48.9 Å². The highest BCUT2D eigenvalue weighted by Gasteiger charge is 2.48. The largest absolute Gasteiger partial charge is 0.508 e. The molecule has 4 aliphatic rings. The van der Waals surface area contributed by atoms with E-state index >= 15 is 0 Å². The summed E-state index contributed by atoms with van der Waals surface area (Å²) in [6.45, 7) is 5.79. The van der Waals surface area contributed by atoms with Gasteiger partial charge in [-0.15, -0.1) is 5.06 Å². The Balaban J connectivity index is 0.967. The molecule has 3 heterocycles. The quantitative estimate of drug-likeness (QED) is 0.0391. The van der Waals surface area contributed by atoms with Crippen LogP contribution < -0.4 is 31.6 Å². The first-order valence-corrected chi connectivity index (χ1v) is 28.8. The summed E-state index contributed by atoms with van der Waals surface area (Å²) in [6, 6.07) is 12.1. The van der Waals surface area contributed by atoms with Crippen LogP contribution in [0.2, 0.25) is 0 Å². The summed E-state index contributed by atoms with van der Waals surface area (Å²) in [4.78, 5) is 102. The Bertz CT molecular complexity index is 3040. The number of aromatic nitrogens is 2. The number of aryl methyl sites for hydroxylation is 1. The average Bonchev–Trinajstić information content (AvgIpc) is 4.27. The number of aliphatic carboxylic acids is 1. The molecule has 9 atom stereocenters. The minimum absolute atomic E-state index is 0.00239. The number of hydrogen-bond donors (Lipinski definition) is 9. The van der Waals surface area contributed by atoms with Crippen LogP contribution >= 0.6 is 0 Å². The number of carbonyl (C=O) groups excluding carboxylic acids is 6. The number of carboxylic acid groups (broad SMARTS) is 1. The van der Waals surface area contributed by atoms with Crippen LogP contribution in [0, 0.1) is 17.3 Å². The minimum atomic E-state index is -4.39. The molecule has 1 saturated carbocycles. The first kappa shape index (κ1) is 64.2. The van der Waals surface area contributed by atoms with Crippen molar-refractivity contribution in [2.45, 2.75) is 153 Å². The zero-order valence-corrected chi connectivity index (χ0v) is 47.6. The molecule has 7 rings (SSSR count). The van der Waals surface area contributed by atoms with Crippen molar-refractivity contribution in [2.24, 2.45) is 28.1 Å². The van der Waals surface area contributed by atoms with Crippen molar-refractivity contribution < 1.29 is 95.1 Å². The number of hydroxylamine groups is 2. The fraction of sp³-hybridized carbons (Fsp3) is 0.545. The van der Waals surface area contributed by atoms with E-state index in [2.05, 4.69) is 38.1 Å². The van der Waals surface area contributed by atoms with E-state index in [0.29, 0.717) is 35.0 Å². The van der Waals surface area contributed by atoms with E-state index in [-0.39, 0.29) is 87.1 Å².